The lowest BCUT2D eigenvalue weighted by Gasteiger charge is -2.07. The van der Waals surface area contributed by atoms with Gasteiger partial charge >= 0.3 is 5.69 Å². The normalized spacial score (nSPS) is 10.3. The van der Waals surface area contributed by atoms with Gasteiger partial charge in [0.2, 0.25) is 5.75 Å². The summed E-state index contributed by atoms with van der Waals surface area (Å²) in [6.45, 7) is 0. The minimum atomic E-state index is -0.433. The Morgan fingerprint density at radius 2 is 1.95 bits per heavy atom. The fraction of sp³-hybridized carbons (Fsp3) is 0.143. The molecule has 0 saturated heterocycles. The summed E-state index contributed by atoms with van der Waals surface area (Å²) < 4.78 is 5.60. The van der Waals surface area contributed by atoms with Gasteiger partial charge in [0, 0.05) is 16.3 Å². The first-order valence-corrected chi connectivity index (χ1v) is 8.14. The predicted molar refractivity (Wildman–Crippen MR) is 84.0 cm³/mol. The predicted octanol–water partition coefficient (Wildman–Crippen LogP) is 5.00. The molecule has 2 aromatic carbocycles. The lowest BCUT2D eigenvalue weighted by molar-refractivity contribution is -0.385. The van der Waals surface area contributed by atoms with E-state index in [1.165, 1.54) is 6.07 Å². The number of nitro benzene ring substituents is 1. The molecular formula is C14H12BrNO3S. The van der Waals surface area contributed by atoms with Crippen LogP contribution in [0, 0.1) is 10.1 Å². The Morgan fingerprint density at radius 1 is 1.25 bits per heavy atom. The molecule has 0 N–H and O–H groups in total. The van der Waals surface area contributed by atoms with E-state index in [0.29, 0.717) is 11.1 Å². The van der Waals surface area contributed by atoms with E-state index in [-0.39, 0.29) is 11.4 Å². The highest BCUT2D eigenvalue weighted by atomic mass is 79.9. The molecule has 104 valence electrons. The van der Waals surface area contributed by atoms with Crippen LogP contribution in [0.5, 0.6) is 11.5 Å². The van der Waals surface area contributed by atoms with Crippen LogP contribution in [-0.4, -0.2) is 11.2 Å². The largest absolute Gasteiger partial charge is 0.450 e. The number of rotatable bonds is 5. The van der Waals surface area contributed by atoms with Gasteiger partial charge < -0.3 is 4.74 Å². The molecule has 2 aromatic rings. The van der Waals surface area contributed by atoms with Gasteiger partial charge in [0.15, 0.2) is 0 Å². The van der Waals surface area contributed by atoms with Crippen molar-refractivity contribution in [2.24, 2.45) is 0 Å². The summed E-state index contributed by atoms with van der Waals surface area (Å²) in [5, 5.41) is 11.7. The highest BCUT2D eigenvalue weighted by Crippen LogP contribution is 2.33. The summed E-state index contributed by atoms with van der Waals surface area (Å²) in [4.78, 5) is 11.8. The number of hydrogen-bond acceptors (Lipinski definition) is 4. The van der Waals surface area contributed by atoms with E-state index in [1.807, 2.05) is 18.4 Å². The zero-order valence-electron chi connectivity index (χ0n) is 10.7. The highest BCUT2D eigenvalue weighted by Gasteiger charge is 2.16. The molecule has 0 fully saturated rings. The van der Waals surface area contributed by atoms with Crippen LogP contribution < -0.4 is 4.74 Å². The Morgan fingerprint density at radius 3 is 2.50 bits per heavy atom. The summed E-state index contributed by atoms with van der Waals surface area (Å²) >= 11 is 4.91. The van der Waals surface area contributed by atoms with Gasteiger partial charge in [-0.2, -0.15) is 0 Å². The highest BCUT2D eigenvalue weighted by molar-refractivity contribution is 9.08. The summed E-state index contributed by atoms with van der Waals surface area (Å²) in [5.41, 5.74) is 0.803. The third kappa shape index (κ3) is 3.52. The SMILES string of the molecule is CSc1ccc(Oc2ccc(CBr)cc2[N+](=O)[O-])cc1. The van der Waals surface area contributed by atoms with Crippen molar-refractivity contribution in [2.45, 2.75) is 10.2 Å². The molecular weight excluding hydrogens is 342 g/mol. The number of ether oxygens (including phenoxy) is 1. The Kier molecular flexibility index (Phi) is 5.03. The van der Waals surface area contributed by atoms with Crippen molar-refractivity contribution < 1.29 is 9.66 Å². The van der Waals surface area contributed by atoms with Crippen LogP contribution >= 0.6 is 27.7 Å². The van der Waals surface area contributed by atoms with Crippen molar-refractivity contribution in [3.63, 3.8) is 0 Å². The summed E-state index contributed by atoms with van der Waals surface area (Å²) in [6, 6.07) is 12.4. The molecule has 0 aromatic heterocycles. The maximum absolute atomic E-state index is 11.1. The van der Waals surface area contributed by atoms with Gasteiger partial charge in [-0.1, -0.05) is 22.0 Å². The molecule has 2 rings (SSSR count). The molecule has 4 nitrogen and oxygen atoms in total. The zero-order valence-corrected chi connectivity index (χ0v) is 13.1. The van der Waals surface area contributed by atoms with Crippen molar-refractivity contribution in [1.82, 2.24) is 0 Å². The number of hydrogen-bond donors (Lipinski definition) is 0. The topological polar surface area (TPSA) is 52.4 Å². The maximum atomic E-state index is 11.1. The molecule has 0 amide bonds. The molecule has 20 heavy (non-hydrogen) atoms. The molecule has 0 aliphatic heterocycles. The minimum absolute atomic E-state index is 0.0316. The molecule has 0 aliphatic carbocycles. The number of thioether (sulfide) groups is 1. The van der Waals surface area contributed by atoms with Crippen LogP contribution in [0.4, 0.5) is 5.69 Å². The van der Waals surface area contributed by atoms with Crippen LogP contribution in [0.3, 0.4) is 0 Å². The van der Waals surface area contributed by atoms with Crippen LogP contribution in [0.2, 0.25) is 0 Å². The molecule has 0 bridgehead atoms. The molecule has 0 unspecified atom stereocenters. The number of nitrogens with zero attached hydrogens (tertiary/aromatic N) is 1. The second kappa shape index (κ2) is 6.76. The maximum Gasteiger partial charge on any atom is 0.311 e. The monoisotopic (exact) mass is 353 g/mol. The second-order valence-corrected chi connectivity index (χ2v) is 5.41. The van der Waals surface area contributed by atoms with Crippen molar-refractivity contribution in [3.05, 3.63) is 58.1 Å². The fourth-order valence-corrected chi connectivity index (χ4v) is 2.40. The zero-order chi connectivity index (χ0) is 14.5. The van der Waals surface area contributed by atoms with Crippen molar-refractivity contribution in [3.8, 4) is 11.5 Å². The van der Waals surface area contributed by atoms with Gasteiger partial charge in [-0.25, -0.2) is 0 Å². The van der Waals surface area contributed by atoms with Crippen LogP contribution in [0.25, 0.3) is 0 Å². The number of benzene rings is 2. The molecule has 0 aliphatic rings. The number of nitro groups is 1. The van der Waals surface area contributed by atoms with Gasteiger partial charge in [-0.05, 0) is 42.2 Å². The second-order valence-electron chi connectivity index (χ2n) is 3.97. The van der Waals surface area contributed by atoms with Gasteiger partial charge in [-0.15, -0.1) is 11.8 Å². The van der Waals surface area contributed by atoms with E-state index in [1.54, 1.807) is 36.0 Å². The van der Waals surface area contributed by atoms with E-state index >= 15 is 0 Å². The first kappa shape index (κ1) is 14.9. The third-order valence-corrected chi connectivity index (χ3v) is 4.05. The van der Waals surface area contributed by atoms with E-state index in [4.69, 9.17) is 4.74 Å². The van der Waals surface area contributed by atoms with Gasteiger partial charge in [0.25, 0.3) is 0 Å². The Balaban J connectivity index is 2.29. The van der Waals surface area contributed by atoms with Gasteiger partial charge in [-0.3, -0.25) is 10.1 Å². The summed E-state index contributed by atoms with van der Waals surface area (Å²) in [7, 11) is 0. The van der Waals surface area contributed by atoms with Gasteiger partial charge in [0.05, 0.1) is 4.92 Å². The first-order valence-electron chi connectivity index (χ1n) is 5.79. The van der Waals surface area contributed by atoms with E-state index < -0.39 is 4.92 Å². The standard InChI is InChI=1S/C14H12BrNO3S/c1-20-12-5-3-11(4-6-12)19-14-7-2-10(9-15)8-13(14)16(17)18/h2-8H,9H2,1H3. The molecule has 6 heteroatoms. The van der Waals surface area contributed by atoms with Crippen molar-refractivity contribution in [2.75, 3.05) is 6.26 Å². The molecule has 0 radical (unpaired) electrons. The fourth-order valence-electron chi connectivity index (χ4n) is 1.65. The molecule has 0 heterocycles. The lowest BCUT2D eigenvalue weighted by atomic mass is 10.2. The van der Waals surface area contributed by atoms with Crippen molar-refractivity contribution >= 4 is 33.4 Å². The van der Waals surface area contributed by atoms with E-state index in [2.05, 4.69) is 15.9 Å². The number of halogens is 1. The van der Waals surface area contributed by atoms with E-state index in [9.17, 15) is 10.1 Å². The van der Waals surface area contributed by atoms with Crippen molar-refractivity contribution in [1.29, 1.82) is 0 Å². The Hall–Kier alpha value is -1.53. The van der Waals surface area contributed by atoms with Gasteiger partial charge in [0.1, 0.15) is 5.75 Å². The molecule has 0 saturated carbocycles. The van der Waals surface area contributed by atoms with Crippen LogP contribution in [0.15, 0.2) is 47.4 Å². The quantitative estimate of drug-likeness (QED) is 0.328. The van der Waals surface area contributed by atoms with Crippen LogP contribution in [0.1, 0.15) is 5.56 Å². The third-order valence-electron chi connectivity index (χ3n) is 2.66. The Bertz CT molecular complexity index is 616. The van der Waals surface area contributed by atoms with E-state index in [0.717, 1.165) is 10.5 Å². The smallest absolute Gasteiger partial charge is 0.311 e. The number of alkyl halides is 1. The average molecular weight is 354 g/mol. The Labute approximate surface area is 129 Å². The average Bonchev–Trinajstić information content (AvgIpc) is 2.48. The molecule has 0 spiro atoms. The molecule has 0 atom stereocenters. The first-order chi connectivity index (χ1) is 9.63. The minimum Gasteiger partial charge on any atom is -0.450 e. The lowest BCUT2D eigenvalue weighted by Crippen LogP contribution is -1.94. The summed E-state index contributed by atoms with van der Waals surface area (Å²) in [5.74, 6) is 0.828. The summed E-state index contributed by atoms with van der Waals surface area (Å²) in [6.07, 6.45) is 1.99. The van der Waals surface area contributed by atoms with Crippen LogP contribution in [-0.2, 0) is 5.33 Å².